The lowest BCUT2D eigenvalue weighted by Crippen LogP contribution is -2.47. The number of aromatic nitrogens is 2. The number of hydrogen-bond donors (Lipinski definition) is 2. The van der Waals surface area contributed by atoms with Crippen molar-refractivity contribution in [3.63, 3.8) is 0 Å². The smallest absolute Gasteiger partial charge is 0.227 e. The predicted octanol–water partition coefficient (Wildman–Crippen LogP) is 2.73. The fourth-order valence-electron chi connectivity index (χ4n) is 4.29. The molecule has 2 atom stereocenters. The molecule has 0 saturated carbocycles. The lowest BCUT2D eigenvalue weighted by atomic mass is 10.1. The fourth-order valence-corrected chi connectivity index (χ4v) is 5.73. The number of halogens is 1. The maximum absolute atomic E-state index is 12.7. The Balaban J connectivity index is 1.34. The highest BCUT2D eigenvalue weighted by atomic mass is 35.5. The highest BCUT2D eigenvalue weighted by molar-refractivity contribution is 7.85. The Morgan fingerprint density at radius 2 is 1.88 bits per heavy atom. The largest absolute Gasteiger partial charge is 0.472 e. The van der Waals surface area contributed by atoms with Crippen molar-refractivity contribution in [2.24, 2.45) is 0 Å². The quantitative estimate of drug-likeness (QED) is 0.525. The van der Waals surface area contributed by atoms with Gasteiger partial charge in [-0.05, 0) is 42.3 Å². The number of nitrogens with zero attached hydrogens (tertiary/aromatic N) is 4. The third-order valence-electron chi connectivity index (χ3n) is 6.05. The fraction of sp³-hybridized carbons (Fsp3) is 0.391. The van der Waals surface area contributed by atoms with E-state index in [2.05, 4.69) is 15.1 Å². The Hall–Kier alpha value is -2.62. The van der Waals surface area contributed by atoms with Gasteiger partial charge in [-0.2, -0.15) is 4.98 Å². The lowest BCUT2D eigenvalue weighted by molar-refractivity contribution is 0.273. The molecule has 0 bridgehead atoms. The molecule has 8 nitrogen and oxygen atoms in total. The summed E-state index contributed by atoms with van der Waals surface area (Å²) in [5.41, 5.74) is 2.96. The zero-order valence-electron chi connectivity index (χ0n) is 18.1. The average Bonchev–Trinajstić information content (AvgIpc) is 3.49. The molecule has 2 aromatic heterocycles. The van der Waals surface area contributed by atoms with Crippen LogP contribution in [0.25, 0.3) is 0 Å². The summed E-state index contributed by atoms with van der Waals surface area (Å²) in [6, 6.07) is 9.50. The molecule has 0 radical (unpaired) electrons. The number of aryl methyl sites for hydroxylation is 1. The van der Waals surface area contributed by atoms with E-state index in [1.807, 2.05) is 30.3 Å². The number of anilines is 3. The maximum atomic E-state index is 12.7. The molecule has 2 aliphatic heterocycles. The summed E-state index contributed by atoms with van der Waals surface area (Å²) in [6.07, 6.45) is 4.53. The summed E-state index contributed by atoms with van der Waals surface area (Å²) in [5.74, 6) is 1.76. The van der Waals surface area contributed by atoms with Gasteiger partial charge in [0.2, 0.25) is 5.95 Å². The minimum absolute atomic E-state index is 0.0777. The summed E-state index contributed by atoms with van der Waals surface area (Å²) < 4.78 is 17.8. The number of nitrogens with one attached hydrogen (secondary N) is 1. The Kier molecular flexibility index (Phi) is 6.52. The van der Waals surface area contributed by atoms with Gasteiger partial charge in [-0.25, -0.2) is 4.98 Å². The van der Waals surface area contributed by atoms with Gasteiger partial charge in [-0.1, -0.05) is 11.6 Å². The minimum atomic E-state index is -1.14. The molecule has 174 valence electrons. The monoisotopic (exact) mass is 487 g/mol. The van der Waals surface area contributed by atoms with E-state index in [9.17, 15) is 9.32 Å². The molecule has 0 aliphatic carbocycles. The van der Waals surface area contributed by atoms with E-state index < -0.39 is 10.8 Å². The van der Waals surface area contributed by atoms with Crippen molar-refractivity contribution in [3.8, 4) is 0 Å². The molecule has 10 heteroatoms. The summed E-state index contributed by atoms with van der Waals surface area (Å²) >= 11 is 6.02. The number of fused-ring (bicyclic) bond motifs is 1. The van der Waals surface area contributed by atoms with Crippen LogP contribution < -0.4 is 15.1 Å². The third kappa shape index (κ3) is 4.85. The highest BCUT2D eigenvalue weighted by Gasteiger charge is 2.29. The molecule has 5 rings (SSSR count). The van der Waals surface area contributed by atoms with E-state index in [-0.39, 0.29) is 12.6 Å². The number of benzene rings is 1. The van der Waals surface area contributed by atoms with Crippen LogP contribution in [-0.2, 0) is 23.6 Å². The van der Waals surface area contributed by atoms with Gasteiger partial charge >= 0.3 is 0 Å². The van der Waals surface area contributed by atoms with Crippen LogP contribution in [0.15, 0.2) is 52.2 Å². The topological polar surface area (TPSA) is 94.7 Å². The normalized spacial score (nSPS) is 18.9. The van der Waals surface area contributed by atoms with E-state index in [1.54, 1.807) is 12.5 Å². The average molecular weight is 488 g/mol. The van der Waals surface area contributed by atoms with Crippen molar-refractivity contribution in [1.29, 1.82) is 0 Å². The molecule has 3 aromatic rings. The number of hydrogen-bond acceptors (Lipinski definition) is 8. The summed E-state index contributed by atoms with van der Waals surface area (Å²) in [4.78, 5) is 14.7. The summed E-state index contributed by atoms with van der Waals surface area (Å²) in [5, 5.41) is 14.0. The molecule has 0 amide bonds. The van der Waals surface area contributed by atoms with Crippen LogP contribution >= 0.6 is 11.6 Å². The molecule has 1 aromatic carbocycles. The lowest BCUT2D eigenvalue weighted by Gasteiger charge is -2.36. The van der Waals surface area contributed by atoms with Crippen molar-refractivity contribution in [2.75, 3.05) is 53.7 Å². The Bertz CT molecular complexity index is 1120. The van der Waals surface area contributed by atoms with Crippen LogP contribution in [0, 0.1) is 0 Å². The minimum Gasteiger partial charge on any atom is -0.472 e. The van der Waals surface area contributed by atoms with Gasteiger partial charge in [0, 0.05) is 49.1 Å². The van der Waals surface area contributed by atoms with E-state index in [0.29, 0.717) is 35.3 Å². The first-order chi connectivity index (χ1) is 16.1. The Morgan fingerprint density at radius 3 is 2.58 bits per heavy atom. The number of aliphatic hydroxyl groups is 1. The third-order valence-corrected chi connectivity index (χ3v) is 7.76. The first-order valence-corrected chi connectivity index (χ1v) is 12.7. The van der Waals surface area contributed by atoms with Gasteiger partial charge in [0.1, 0.15) is 10.7 Å². The molecular weight excluding hydrogens is 462 g/mol. The van der Waals surface area contributed by atoms with E-state index in [0.717, 1.165) is 48.1 Å². The standard InChI is InChI=1S/C23H26ClN5O3S/c24-17-1-3-19(4-2-17)28-7-9-29(10-8-28)23-26-20-6-12-33(31)21(20)22(27-23)25-18(14-30)13-16-5-11-32-15-16/h1-5,11,15,18,30H,6-10,12-14H2,(H,25,26,27)/t18?,33-/m1/s1. The van der Waals surface area contributed by atoms with Crippen LogP contribution in [0.2, 0.25) is 5.02 Å². The van der Waals surface area contributed by atoms with Crippen LogP contribution in [0.3, 0.4) is 0 Å². The first kappa shape index (κ1) is 22.2. The second-order valence-corrected chi connectivity index (χ2v) is 10.2. The van der Waals surface area contributed by atoms with E-state index in [4.69, 9.17) is 26.0 Å². The molecule has 33 heavy (non-hydrogen) atoms. The molecule has 2 N–H and O–H groups in total. The van der Waals surface area contributed by atoms with E-state index >= 15 is 0 Å². The summed E-state index contributed by atoms with van der Waals surface area (Å²) in [7, 11) is -1.14. The second kappa shape index (κ2) is 9.70. The van der Waals surface area contributed by atoms with Gasteiger partial charge in [0.15, 0.2) is 0 Å². The predicted molar refractivity (Wildman–Crippen MR) is 130 cm³/mol. The molecular formula is C23H26ClN5O3S. The van der Waals surface area contributed by atoms with Crippen molar-refractivity contribution < 1.29 is 13.7 Å². The number of rotatable bonds is 7. The highest BCUT2D eigenvalue weighted by Crippen LogP contribution is 2.31. The molecule has 4 heterocycles. The van der Waals surface area contributed by atoms with Gasteiger partial charge in [0.25, 0.3) is 0 Å². The van der Waals surface area contributed by atoms with Gasteiger partial charge in [0.05, 0.1) is 41.7 Å². The zero-order chi connectivity index (χ0) is 22.8. The van der Waals surface area contributed by atoms with Crippen LogP contribution in [-0.4, -0.2) is 63.9 Å². The van der Waals surface area contributed by atoms with E-state index in [1.165, 1.54) is 0 Å². The number of furan rings is 1. The molecule has 1 fully saturated rings. The van der Waals surface area contributed by atoms with Gasteiger partial charge in [-0.15, -0.1) is 0 Å². The van der Waals surface area contributed by atoms with Crippen LogP contribution in [0.4, 0.5) is 17.5 Å². The molecule has 1 unspecified atom stereocenters. The molecule has 2 aliphatic rings. The van der Waals surface area contributed by atoms with Gasteiger partial charge < -0.3 is 24.6 Å². The van der Waals surface area contributed by atoms with Crippen molar-refractivity contribution in [2.45, 2.75) is 23.8 Å². The van der Waals surface area contributed by atoms with Crippen LogP contribution in [0.1, 0.15) is 11.3 Å². The SMILES string of the molecule is O=[S@@]1CCc2nc(N3CCN(c4ccc(Cl)cc4)CC3)nc(NC(CO)Cc3ccoc3)c21. The van der Waals surface area contributed by atoms with Crippen molar-refractivity contribution >= 4 is 39.9 Å². The maximum Gasteiger partial charge on any atom is 0.227 e. The zero-order valence-corrected chi connectivity index (χ0v) is 19.7. The molecule has 0 spiro atoms. The number of aliphatic hydroxyl groups excluding tert-OH is 1. The Labute approximate surface area is 200 Å². The Morgan fingerprint density at radius 1 is 1.12 bits per heavy atom. The number of piperazine rings is 1. The van der Waals surface area contributed by atoms with Crippen molar-refractivity contribution in [3.05, 3.63) is 59.1 Å². The molecule has 1 saturated heterocycles. The van der Waals surface area contributed by atoms with Gasteiger partial charge in [-0.3, -0.25) is 4.21 Å². The second-order valence-electron chi connectivity index (χ2n) is 8.26. The van der Waals surface area contributed by atoms with Crippen molar-refractivity contribution in [1.82, 2.24) is 9.97 Å². The van der Waals surface area contributed by atoms with Crippen LogP contribution in [0.5, 0.6) is 0 Å². The summed E-state index contributed by atoms with van der Waals surface area (Å²) in [6.45, 7) is 3.17. The first-order valence-electron chi connectivity index (χ1n) is 11.0.